The molecule has 1 rings (SSSR count). The molecule has 1 unspecified atom stereocenters. The highest BCUT2D eigenvalue weighted by Gasteiger charge is 2.63. The van der Waals surface area contributed by atoms with Gasteiger partial charge in [0.05, 0.1) is 6.61 Å². The highest BCUT2D eigenvalue weighted by molar-refractivity contribution is 5.97. The molecule has 0 radical (unpaired) electrons. The standard InChI is InChI=1S/C15H18F3N3O4/c1-4-25-12(23)14(15(16,17)18,21-13(24)19-10(3)22)20-11-8-6-5-7-9(11)2/h5-8,20H,4H2,1-3H3,(H2,19,21,22,24). The van der Waals surface area contributed by atoms with Crippen molar-refractivity contribution in [1.82, 2.24) is 10.6 Å². The van der Waals surface area contributed by atoms with Crippen molar-refractivity contribution in [2.45, 2.75) is 32.6 Å². The first-order chi connectivity index (χ1) is 11.5. The van der Waals surface area contributed by atoms with Crippen molar-refractivity contribution in [2.75, 3.05) is 11.9 Å². The number of aryl methyl sites for hydroxylation is 1. The fourth-order valence-electron chi connectivity index (χ4n) is 1.91. The van der Waals surface area contributed by atoms with Gasteiger partial charge in [-0.15, -0.1) is 0 Å². The van der Waals surface area contributed by atoms with Crippen LogP contribution in [0.25, 0.3) is 0 Å². The average Bonchev–Trinajstić information content (AvgIpc) is 2.46. The number of hydrogen-bond donors (Lipinski definition) is 3. The van der Waals surface area contributed by atoms with Crippen molar-refractivity contribution in [1.29, 1.82) is 0 Å². The van der Waals surface area contributed by atoms with E-state index in [0.717, 1.165) is 6.92 Å². The van der Waals surface area contributed by atoms with E-state index >= 15 is 0 Å². The van der Waals surface area contributed by atoms with Gasteiger partial charge in [0.2, 0.25) is 5.91 Å². The Labute approximate surface area is 141 Å². The van der Waals surface area contributed by atoms with E-state index in [1.54, 1.807) is 11.4 Å². The number of carbonyl (C=O) groups excluding carboxylic acids is 3. The van der Waals surface area contributed by atoms with Crippen LogP contribution in [-0.2, 0) is 14.3 Å². The Bertz CT molecular complexity index is 664. The van der Waals surface area contributed by atoms with E-state index < -0.39 is 29.7 Å². The van der Waals surface area contributed by atoms with Gasteiger partial charge in [-0.05, 0) is 25.5 Å². The number of anilines is 1. The summed E-state index contributed by atoms with van der Waals surface area (Å²) in [5.74, 6) is -2.65. The summed E-state index contributed by atoms with van der Waals surface area (Å²) in [5.41, 5.74) is -3.22. The Morgan fingerprint density at radius 1 is 1.16 bits per heavy atom. The summed E-state index contributed by atoms with van der Waals surface area (Å²) < 4.78 is 45.8. The first-order valence-corrected chi connectivity index (χ1v) is 7.21. The normalized spacial score (nSPS) is 13.4. The number of nitrogens with one attached hydrogen (secondary N) is 3. The summed E-state index contributed by atoms with van der Waals surface area (Å²) in [6.45, 7) is 3.43. The van der Waals surface area contributed by atoms with Crippen molar-refractivity contribution in [3.8, 4) is 0 Å². The molecule has 10 heteroatoms. The zero-order chi connectivity index (χ0) is 19.3. The molecule has 0 aliphatic rings. The van der Waals surface area contributed by atoms with Crippen LogP contribution < -0.4 is 16.0 Å². The third-order valence-corrected chi connectivity index (χ3v) is 3.06. The average molecular weight is 361 g/mol. The van der Waals surface area contributed by atoms with E-state index in [4.69, 9.17) is 0 Å². The van der Waals surface area contributed by atoms with E-state index in [1.807, 2.05) is 5.32 Å². The molecule has 0 fully saturated rings. The van der Waals surface area contributed by atoms with Crippen LogP contribution in [0.4, 0.5) is 23.7 Å². The predicted octanol–water partition coefficient (Wildman–Crippen LogP) is 2.07. The number of imide groups is 1. The molecule has 0 aliphatic heterocycles. The van der Waals surface area contributed by atoms with Crippen molar-refractivity contribution < 1.29 is 32.3 Å². The fourth-order valence-corrected chi connectivity index (χ4v) is 1.91. The molecule has 1 aromatic rings. The maximum Gasteiger partial charge on any atom is 0.441 e. The highest BCUT2D eigenvalue weighted by Crippen LogP contribution is 2.34. The van der Waals surface area contributed by atoms with Gasteiger partial charge in [-0.1, -0.05) is 18.2 Å². The Morgan fingerprint density at radius 3 is 2.24 bits per heavy atom. The molecule has 0 saturated heterocycles. The Hall–Kier alpha value is -2.78. The molecule has 0 bridgehead atoms. The molecule has 3 N–H and O–H groups in total. The summed E-state index contributed by atoms with van der Waals surface area (Å²) in [6.07, 6.45) is -5.27. The Balaban J connectivity index is 3.39. The summed E-state index contributed by atoms with van der Waals surface area (Å²) >= 11 is 0. The number of amides is 3. The SMILES string of the molecule is CCOC(=O)C(NC(=O)NC(C)=O)(Nc1ccccc1C)C(F)(F)F. The van der Waals surface area contributed by atoms with Crippen molar-refractivity contribution in [3.63, 3.8) is 0 Å². The number of ether oxygens (including phenoxy) is 1. The molecule has 0 heterocycles. The van der Waals surface area contributed by atoms with Crippen molar-refractivity contribution >= 4 is 23.6 Å². The van der Waals surface area contributed by atoms with Gasteiger partial charge in [-0.3, -0.25) is 15.4 Å². The lowest BCUT2D eigenvalue weighted by Gasteiger charge is -2.35. The number of benzene rings is 1. The molecular formula is C15H18F3N3O4. The topological polar surface area (TPSA) is 96.5 Å². The van der Waals surface area contributed by atoms with Crippen LogP contribution in [0.2, 0.25) is 0 Å². The number of para-hydroxylation sites is 1. The number of hydrogen-bond acceptors (Lipinski definition) is 5. The number of esters is 1. The summed E-state index contributed by atoms with van der Waals surface area (Å²) in [5, 5.41) is 5.12. The van der Waals surface area contributed by atoms with Gasteiger partial charge in [0.1, 0.15) is 0 Å². The Kier molecular flexibility index (Phi) is 6.37. The maximum atomic E-state index is 13.8. The molecule has 0 saturated carbocycles. The second-order valence-corrected chi connectivity index (χ2v) is 5.04. The number of halogens is 3. The van der Waals surface area contributed by atoms with Gasteiger partial charge in [0.25, 0.3) is 0 Å². The van der Waals surface area contributed by atoms with Crippen LogP contribution in [0.15, 0.2) is 24.3 Å². The molecule has 0 aromatic heterocycles. The van der Waals surface area contributed by atoms with Crippen LogP contribution in [0.5, 0.6) is 0 Å². The van der Waals surface area contributed by atoms with Crippen LogP contribution in [0.1, 0.15) is 19.4 Å². The van der Waals surface area contributed by atoms with Crippen molar-refractivity contribution in [3.05, 3.63) is 29.8 Å². The number of carbonyl (C=O) groups is 3. The van der Waals surface area contributed by atoms with Gasteiger partial charge in [0.15, 0.2) is 0 Å². The van der Waals surface area contributed by atoms with E-state index in [9.17, 15) is 27.6 Å². The summed E-state index contributed by atoms with van der Waals surface area (Å²) in [6, 6.07) is 4.37. The highest BCUT2D eigenvalue weighted by atomic mass is 19.4. The molecule has 138 valence electrons. The van der Waals surface area contributed by atoms with E-state index in [-0.39, 0.29) is 12.3 Å². The van der Waals surface area contributed by atoms with Gasteiger partial charge in [-0.2, -0.15) is 13.2 Å². The minimum absolute atomic E-state index is 0.0454. The monoisotopic (exact) mass is 361 g/mol. The minimum atomic E-state index is -5.27. The molecule has 7 nitrogen and oxygen atoms in total. The largest absolute Gasteiger partial charge is 0.463 e. The first-order valence-electron chi connectivity index (χ1n) is 7.21. The predicted molar refractivity (Wildman–Crippen MR) is 82.6 cm³/mol. The van der Waals surface area contributed by atoms with Gasteiger partial charge < -0.3 is 10.1 Å². The van der Waals surface area contributed by atoms with Crippen LogP contribution >= 0.6 is 0 Å². The lowest BCUT2D eigenvalue weighted by Crippen LogP contribution is -2.70. The van der Waals surface area contributed by atoms with Gasteiger partial charge in [-0.25, -0.2) is 9.59 Å². The quantitative estimate of drug-likeness (QED) is 0.551. The second-order valence-electron chi connectivity index (χ2n) is 5.04. The van der Waals surface area contributed by atoms with Crippen LogP contribution in [0.3, 0.4) is 0 Å². The molecule has 0 spiro atoms. The Morgan fingerprint density at radius 2 is 1.76 bits per heavy atom. The van der Waals surface area contributed by atoms with E-state index in [2.05, 4.69) is 4.74 Å². The lowest BCUT2D eigenvalue weighted by atomic mass is 10.1. The molecule has 3 amide bonds. The van der Waals surface area contributed by atoms with Crippen LogP contribution in [-0.4, -0.2) is 36.4 Å². The lowest BCUT2D eigenvalue weighted by molar-refractivity contribution is -0.204. The second kappa shape index (κ2) is 7.86. The molecule has 0 aliphatic carbocycles. The van der Waals surface area contributed by atoms with E-state index in [0.29, 0.717) is 5.56 Å². The molecule has 1 aromatic carbocycles. The summed E-state index contributed by atoms with van der Waals surface area (Å²) in [4.78, 5) is 34.7. The molecule has 1 atom stereocenters. The first kappa shape index (κ1) is 20.3. The maximum absolute atomic E-state index is 13.8. The fraction of sp³-hybridized carbons (Fsp3) is 0.400. The molecular weight excluding hydrogens is 343 g/mol. The summed E-state index contributed by atoms with van der Waals surface area (Å²) in [7, 11) is 0. The van der Waals surface area contributed by atoms with Crippen LogP contribution in [0, 0.1) is 6.92 Å². The number of rotatable bonds is 5. The number of alkyl halides is 3. The smallest absolute Gasteiger partial charge is 0.441 e. The van der Waals surface area contributed by atoms with Crippen molar-refractivity contribution in [2.24, 2.45) is 0 Å². The minimum Gasteiger partial charge on any atom is -0.463 e. The zero-order valence-electron chi connectivity index (χ0n) is 13.8. The molecule has 25 heavy (non-hydrogen) atoms. The third kappa shape index (κ3) is 4.85. The van der Waals surface area contributed by atoms with E-state index in [1.165, 1.54) is 37.4 Å². The number of urea groups is 1. The third-order valence-electron chi connectivity index (χ3n) is 3.06. The van der Waals surface area contributed by atoms with Gasteiger partial charge in [0, 0.05) is 12.6 Å². The van der Waals surface area contributed by atoms with Gasteiger partial charge >= 0.3 is 23.8 Å². The zero-order valence-corrected chi connectivity index (χ0v) is 13.8.